The molecule has 0 aromatic heterocycles. The smallest absolute Gasteiger partial charge is 0.335 e. The monoisotopic (exact) mass is 472 g/mol. The van der Waals surface area contributed by atoms with Crippen LogP contribution in [0.2, 0.25) is 0 Å². The average Bonchev–Trinajstić information content (AvgIpc) is 2.74. The zero-order chi connectivity index (χ0) is 23.9. The van der Waals surface area contributed by atoms with Crippen molar-refractivity contribution in [1.82, 2.24) is 0 Å². The van der Waals surface area contributed by atoms with Gasteiger partial charge < -0.3 is 69.6 Å². The molecule has 0 spiro atoms. The molecule has 0 saturated carbocycles. The van der Waals surface area contributed by atoms with Crippen LogP contribution in [0.15, 0.2) is 0 Å². The van der Waals surface area contributed by atoms with Crippen LogP contribution in [0.3, 0.4) is 0 Å². The first-order valence-corrected chi connectivity index (χ1v) is 9.84. The zero-order valence-electron chi connectivity index (χ0n) is 16.8. The molecule has 14 atom stereocenters. The lowest BCUT2D eigenvalue weighted by Gasteiger charge is -2.46. The summed E-state index contributed by atoms with van der Waals surface area (Å²) in [4.78, 5) is 11.3. The van der Waals surface area contributed by atoms with E-state index in [1.165, 1.54) is 6.92 Å². The molecule has 3 saturated heterocycles. The van der Waals surface area contributed by atoms with Crippen molar-refractivity contribution in [1.29, 1.82) is 0 Å². The first-order chi connectivity index (χ1) is 14.9. The van der Waals surface area contributed by atoms with Gasteiger partial charge in [-0.2, -0.15) is 0 Å². The van der Waals surface area contributed by atoms with Crippen LogP contribution in [0.1, 0.15) is 6.92 Å². The Bertz CT molecular complexity index is 649. The minimum atomic E-state index is -2.04. The van der Waals surface area contributed by atoms with E-state index in [1.54, 1.807) is 0 Å². The van der Waals surface area contributed by atoms with Crippen molar-refractivity contribution in [2.75, 3.05) is 6.61 Å². The number of rotatable bonds is 5. The molecule has 3 heterocycles. The van der Waals surface area contributed by atoms with Crippen LogP contribution >= 0.6 is 0 Å². The Balaban J connectivity index is 1.79. The fraction of sp³-hybridized carbons (Fsp3) is 0.941. The molecule has 0 bridgehead atoms. The van der Waals surface area contributed by atoms with Gasteiger partial charge in [0.05, 0.1) is 12.7 Å². The zero-order valence-corrected chi connectivity index (χ0v) is 16.8. The third kappa shape index (κ3) is 4.90. The van der Waals surface area contributed by atoms with Crippen LogP contribution in [0.4, 0.5) is 0 Å². The molecule has 0 aromatic carbocycles. The second-order valence-electron chi connectivity index (χ2n) is 7.91. The highest BCUT2D eigenvalue weighted by atomic mass is 16.8. The first kappa shape index (κ1) is 25.6. The van der Waals surface area contributed by atoms with Gasteiger partial charge in [-0.15, -0.1) is 0 Å². The van der Waals surface area contributed by atoms with Gasteiger partial charge in [-0.3, -0.25) is 0 Å². The molecule has 3 aliphatic heterocycles. The summed E-state index contributed by atoms with van der Waals surface area (Å²) in [5.41, 5.74) is 0. The number of carbonyl (C=O) groups is 1. The Hall–Kier alpha value is -1.05. The molecule has 3 fully saturated rings. The molecule has 0 aromatic rings. The summed E-state index contributed by atoms with van der Waals surface area (Å²) < 4.78 is 26.1. The van der Waals surface area contributed by atoms with Crippen molar-refractivity contribution in [2.45, 2.75) is 92.9 Å². The van der Waals surface area contributed by atoms with Gasteiger partial charge in [-0.05, 0) is 6.92 Å². The van der Waals surface area contributed by atoms with E-state index in [0.29, 0.717) is 0 Å². The van der Waals surface area contributed by atoms with Crippen molar-refractivity contribution < 1.29 is 74.4 Å². The van der Waals surface area contributed by atoms with Crippen LogP contribution < -0.4 is 0 Å². The predicted octanol–water partition coefficient (Wildman–Crippen LogP) is -5.81. The number of carboxylic acid groups (broad SMARTS) is 1. The Morgan fingerprint density at radius 3 is 2.00 bits per heavy atom. The highest BCUT2D eigenvalue weighted by Gasteiger charge is 2.52. The van der Waals surface area contributed by atoms with Crippen molar-refractivity contribution >= 4 is 5.97 Å². The number of aliphatic hydroxyl groups is 8. The molecular formula is C17H28O15. The minimum Gasteiger partial charge on any atom is -0.479 e. The minimum absolute atomic E-state index is 0.488. The molecular weight excluding hydrogens is 444 g/mol. The van der Waals surface area contributed by atoms with Crippen LogP contribution in [-0.2, 0) is 28.5 Å². The molecule has 3 aliphatic rings. The van der Waals surface area contributed by atoms with Crippen molar-refractivity contribution in [2.24, 2.45) is 0 Å². The number of hydrogen-bond acceptors (Lipinski definition) is 14. The Labute approximate surface area is 180 Å². The number of aliphatic carboxylic acids is 1. The molecule has 0 aliphatic carbocycles. The molecule has 0 unspecified atom stereocenters. The van der Waals surface area contributed by atoms with E-state index in [2.05, 4.69) is 4.74 Å². The normalized spacial score (nSPS) is 52.5. The summed E-state index contributed by atoms with van der Waals surface area (Å²) in [5, 5.41) is 89.5. The van der Waals surface area contributed by atoms with E-state index in [1.807, 2.05) is 0 Å². The second kappa shape index (κ2) is 10.1. The molecule has 186 valence electrons. The third-order valence-corrected chi connectivity index (χ3v) is 5.63. The van der Waals surface area contributed by atoms with E-state index in [0.717, 1.165) is 0 Å². The van der Waals surface area contributed by atoms with E-state index >= 15 is 0 Å². The third-order valence-electron chi connectivity index (χ3n) is 5.63. The maximum atomic E-state index is 11.3. The van der Waals surface area contributed by atoms with Crippen molar-refractivity contribution in [3.63, 3.8) is 0 Å². The standard InChI is InChI=1S/C17H28O15/c1-3-5(19)7(21)8(22)16(29-3)32-13-6(20)4(18)2-28-17(13)31-11-9(23)12(14(25)26)30-15(27)10(11)24/h3-13,15-24,27H,2H2,1H3,(H,25,26)/t3-,4-,5-,6-,7+,8+,9-,10+,11-,12-,13+,15+,16-,17-/m0/s1. The molecule has 3 rings (SSSR count). The fourth-order valence-electron chi connectivity index (χ4n) is 3.68. The Morgan fingerprint density at radius 1 is 0.750 bits per heavy atom. The maximum absolute atomic E-state index is 11.3. The number of carboxylic acids is 1. The van der Waals surface area contributed by atoms with Gasteiger partial charge in [-0.1, -0.05) is 0 Å². The van der Waals surface area contributed by atoms with Gasteiger partial charge in [0.15, 0.2) is 25.0 Å². The van der Waals surface area contributed by atoms with Gasteiger partial charge in [-0.25, -0.2) is 4.79 Å². The van der Waals surface area contributed by atoms with Crippen molar-refractivity contribution in [3.05, 3.63) is 0 Å². The summed E-state index contributed by atoms with van der Waals surface area (Å²) in [6.07, 6.45) is -23.7. The Kier molecular flexibility index (Phi) is 8.04. The highest BCUT2D eigenvalue weighted by Crippen LogP contribution is 2.30. The number of ether oxygens (including phenoxy) is 5. The number of aliphatic hydroxyl groups excluding tert-OH is 8. The van der Waals surface area contributed by atoms with Crippen molar-refractivity contribution in [3.8, 4) is 0 Å². The number of hydrogen-bond donors (Lipinski definition) is 9. The molecule has 0 radical (unpaired) electrons. The van der Waals surface area contributed by atoms with Gasteiger partial charge in [0.2, 0.25) is 0 Å². The predicted molar refractivity (Wildman–Crippen MR) is 94.4 cm³/mol. The second-order valence-corrected chi connectivity index (χ2v) is 7.91. The summed E-state index contributed by atoms with van der Waals surface area (Å²) in [6, 6.07) is 0. The summed E-state index contributed by atoms with van der Waals surface area (Å²) in [5.74, 6) is -1.65. The van der Waals surface area contributed by atoms with Gasteiger partial charge in [0.1, 0.15) is 54.9 Å². The van der Waals surface area contributed by atoms with Gasteiger partial charge in [0.25, 0.3) is 0 Å². The van der Waals surface area contributed by atoms with Crippen LogP contribution in [0, 0.1) is 0 Å². The summed E-state index contributed by atoms with van der Waals surface area (Å²) in [7, 11) is 0. The quantitative estimate of drug-likeness (QED) is 0.181. The highest BCUT2D eigenvalue weighted by molar-refractivity contribution is 5.73. The lowest BCUT2D eigenvalue weighted by molar-refractivity contribution is -0.373. The van der Waals surface area contributed by atoms with Gasteiger partial charge >= 0.3 is 5.97 Å². The largest absolute Gasteiger partial charge is 0.479 e. The first-order valence-electron chi connectivity index (χ1n) is 9.84. The summed E-state index contributed by atoms with van der Waals surface area (Å²) >= 11 is 0. The van der Waals surface area contributed by atoms with Crippen LogP contribution in [0.25, 0.3) is 0 Å². The topological polar surface area (TPSA) is 245 Å². The van der Waals surface area contributed by atoms with Crippen LogP contribution in [-0.4, -0.2) is 145 Å². The van der Waals surface area contributed by atoms with E-state index in [4.69, 9.17) is 24.1 Å². The van der Waals surface area contributed by atoms with E-state index < -0.39 is 98.6 Å². The molecule has 9 N–H and O–H groups in total. The van der Waals surface area contributed by atoms with Gasteiger partial charge in [0, 0.05) is 0 Å². The Morgan fingerprint density at radius 2 is 1.38 bits per heavy atom. The fourth-order valence-corrected chi connectivity index (χ4v) is 3.68. The lowest BCUT2D eigenvalue weighted by Crippen LogP contribution is -2.65. The van der Waals surface area contributed by atoms with Crippen LogP contribution in [0.5, 0.6) is 0 Å². The average molecular weight is 472 g/mol. The summed E-state index contributed by atoms with van der Waals surface area (Å²) in [6.45, 7) is 0.896. The molecule has 0 amide bonds. The SMILES string of the molecule is C[C@@H]1O[C@@H](O[C@H]2[C@H](O[C@@H]3[C@@H](O)[C@H](O)O[C@H](C(=O)O)[C@H]3O)OC[C@H](O)[C@@H]2O)[C@H](O)[C@H](O)[C@H]1O. The van der Waals surface area contributed by atoms with E-state index in [-0.39, 0.29) is 0 Å². The molecule has 15 heteroatoms. The maximum Gasteiger partial charge on any atom is 0.335 e. The molecule has 15 nitrogen and oxygen atoms in total. The van der Waals surface area contributed by atoms with E-state index in [9.17, 15) is 45.6 Å². The molecule has 32 heavy (non-hydrogen) atoms. The lowest BCUT2D eigenvalue weighted by atomic mass is 9.97.